The Hall–Kier alpha value is 0.520. The molecule has 2 heterocycles. The first-order valence-electron chi connectivity index (χ1n) is 5.57. The largest absolute Gasteiger partial charge is 0.268 e. The summed E-state index contributed by atoms with van der Waals surface area (Å²) in [6.07, 6.45) is 1.12. The number of hydrogen-bond donors (Lipinski definition) is 0. The number of halogens is 2. The maximum Gasteiger partial charge on any atom is 0.0738 e. The lowest BCUT2D eigenvalue weighted by atomic mass is 10.0. The zero-order valence-corrected chi connectivity index (χ0v) is 13.5. The van der Waals surface area contributed by atoms with E-state index in [-0.39, 0.29) is 0 Å². The molecule has 90 valence electrons. The van der Waals surface area contributed by atoms with Gasteiger partial charge in [-0.1, -0.05) is 15.9 Å². The highest BCUT2D eigenvalue weighted by molar-refractivity contribution is 9.10. The zero-order valence-electron chi connectivity index (χ0n) is 9.54. The van der Waals surface area contributed by atoms with Crippen LogP contribution in [0.4, 0.5) is 0 Å². The molecule has 1 saturated heterocycles. The standard InChI is InChI=1S/C11H16Br2N2S/c1-3-15-10(11(13)7(2)14-15)4-8-5-16-6-9(8)12/h8-9H,3-6H2,1-2H3. The Morgan fingerprint density at radius 2 is 2.25 bits per heavy atom. The second kappa shape index (κ2) is 5.44. The average molecular weight is 368 g/mol. The van der Waals surface area contributed by atoms with Gasteiger partial charge in [-0.3, -0.25) is 4.68 Å². The van der Waals surface area contributed by atoms with Crippen molar-refractivity contribution in [2.24, 2.45) is 5.92 Å². The number of aromatic nitrogens is 2. The summed E-state index contributed by atoms with van der Waals surface area (Å²) < 4.78 is 3.33. The molecule has 0 radical (unpaired) electrons. The van der Waals surface area contributed by atoms with Crippen LogP contribution in [0.1, 0.15) is 18.3 Å². The number of hydrogen-bond acceptors (Lipinski definition) is 2. The van der Waals surface area contributed by atoms with Gasteiger partial charge in [0.1, 0.15) is 0 Å². The Kier molecular flexibility index (Phi) is 4.41. The second-order valence-corrected chi connectivity index (χ2v) is 7.22. The molecule has 16 heavy (non-hydrogen) atoms. The summed E-state index contributed by atoms with van der Waals surface area (Å²) in [5.41, 5.74) is 2.46. The van der Waals surface area contributed by atoms with Crippen molar-refractivity contribution in [2.45, 2.75) is 31.6 Å². The van der Waals surface area contributed by atoms with E-state index < -0.39 is 0 Å². The Bertz CT molecular complexity index is 378. The topological polar surface area (TPSA) is 17.8 Å². The van der Waals surface area contributed by atoms with Gasteiger partial charge < -0.3 is 0 Å². The van der Waals surface area contributed by atoms with Crippen LogP contribution in [-0.4, -0.2) is 26.1 Å². The Balaban J connectivity index is 2.19. The van der Waals surface area contributed by atoms with E-state index in [0.29, 0.717) is 4.83 Å². The molecule has 0 bridgehead atoms. The van der Waals surface area contributed by atoms with E-state index in [4.69, 9.17) is 0 Å². The van der Waals surface area contributed by atoms with Crippen molar-refractivity contribution >= 4 is 43.6 Å². The number of alkyl halides is 1. The monoisotopic (exact) mass is 366 g/mol. The van der Waals surface area contributed by atoms with E-state index in [0.717, 1.165) is 24.6 Å². The van der Waals surface area contributed by atoms with E-state index in [9.17, 15) is 0 Å². The molecule has 0 saturated carbocycles. The van der Waals surface area contributed by atoms with Crippen LogP contribution in [0, 0.1) is 12.8 Å². The van der Waals surface area contributed by atoms with Crippen molar-refractivity contribution in [3.63, 3.8) is 0 Å². The summed E-state index contributed by atoms with van der Waals surface area (Å²) in [6.45, 7) is 5.17. The van der Waals surface area contributed by atoms with Crippen LogP contribution in [0.25, 0.3) is 0 Å². The number of rotatable bonds is 3. The third-order valence-corrected chi connectivity index (χ3v) is 6.82. The van der Waals surface area contributed by atoms with Gasteiger partial charge in [0.25, 0.3) is 0 Å². The van der Waals surface area contributed by atoms with Crippen LogP contribution in [-0.2, 0) is 13.0 Å². The zero-order chi connectivity index (χ0) is 11.7. The third-order valence-electron chi connectivity index (χ3n) is 3.03. The first-order valence-corrected chi connectivity index (χ1v) is 8.43. The number of aryl methyl sites for hydroxylation is 2. The van der Waals surface area contributed by atoms with Crippen LogP contribution in [0.2, 0.25) is 0 Å². The van der Waals surface area contributed by atoms with Crippen LogP contribution in [0.5, 0.6) is 0 Å². The Morgan fingerprint density at radius 3 is 2.81 bits per heavy atom. The molecule has 0 aromatic carbocycles. The van der Waals surface area contributed by atoms with Gasteiger partial charge in [-0.2, -0.15) is 16.9 Å². The molecule has 0 aliphatic carbocycles. The molecular formula is C11H16Br2N2S. The molecule has 0 amide bonds. The predicted molar refractivity (Wildman–Crippen MR) is 77.6 cm³/mol. The number of nitrogens with zero attached hydrogens (tertiary/aromatic N) is 2. The summed E-state index contributed by atoms with van der Waals surface area (Å²) >= 11 is 9.48. The van der Waals surface area contributed by atoms with Crippen molar-refractivity contribution in [1.29, 1.82) is 0 Å². The summed E-state index contributed by atoms with van der Waals surface area (Å²) in [7, 11) is 0. The predicted octanol–water partition coefficient (Wildman–Crippen LogP) is 3.64. The third kappa shape index (κ3) is 2.51. The van der Waals surface area contributed by atoms with Gasteiger partial charge in [0.15, 0.2) is 0 Å². The highest BCUT2D eigenvalue weighted by atomic mass is 79.9. The van der Waals surface area contributed by atoms with Crippen molar-refractivity contribution in [1.82, 2.24) is 9.78 Å². The summed E-state index contributed by atoms with van der Waals surface area (Å²) in [4.78, 5) is 0.657. The summed E-state index contributed by atoms with van der Waals surface area (Å²) in [5.74, 6) is 3.24. The minimum atomic E-state index is 0.657. The lowest BCUT2D eigenvalue weighted by Crippen LogP contribution is -2.17. The Labute approximate surface area is 118 Å². The first-order chi connectivity index (χ1) is 7.63. The molecule has 1 aliphatic heterocycles. The van der Waals surface area contributed by atoms with Gasteiger partial charge >= 0.3 is 0 Å². The molecule has 1 fully saturated rings. The molecule has 2 unspecified atom stereocenters. The van der Waals surface area contributed by atoms with Crippen LogP contribution in [0.15, 0.2) is 4.47 Å². The van der Waals surface area contributed by atoms with E-state index in [1.807, 2.05) is 11.8 Å². The maximum absolute atomic E-state index is 4.54. The summed E-state index contributed by atoms with van der Waals surface area (Å²) in [6, 6.07) is 0. The highest BCUT2D eigenvalue weighted by Gasteiger charge is 2.27. The first kappa shape index (κ1) is 13.0. The summed E-state index contributed by atoms with van der Waals surface area (Å²) in [5, 5.41) is 4.54. The van der Waals surface area contributed by atoms with Crippen molar-refractivity contribution in [3.8, 4) is 0 Å². The van der Waals surface area contributed by atoms with Crippen LogP contribution >= 0.6 is 43.6 Å². The van der Waals surface area contributed by atoms with Gasteiger partial charge in [0, 0.05) is 17.1 Å². The lowest BCUT2D eigenvalue weighted by Gasteiger charge is -2.14. The molecule has 1 aromatic heterocycles. The molecule has 1 aliphatic rings. The fourth-order valence-corrected chi connectivity index (χ4v) is 4.99. The molecular weight excluding hydrogens is 352 g/mol. The van der Waals surface area contributed by atoms with Gasteiger partial charge in [0.2, 0.25) is 0 Å². The molecule has 5 heteroatoms. The lowest BCUT2D eigenvalue weighted by molar-refractivity contribution is 0.548. The van der Waals surface area contributed by atoms with E-state index >= 15 is 0 Å². The molecule has 0 spiro atoms. The minimum Gasteiger partial charge on any atom is -0.268 e. The average Bonchev–Trinajstić information content (AvgIpc) is 2.78. The van der Waals surface area contributed by atoms with E-state index in [1.54, 1.807) is 0 Å². The second-order valence-electron chi connectivity index (χ2n) is 4.18. The smallest absolute Gasteiger partial charge is 0.0738 e. The molecule has 2 nitrogen and oxygen atoms in total. The highest BCUT2D eigenvalue weighted by Crippen LogP contribution is 2.34. The van der Waals surface area contributed by atoms with Gasteiger partial charge in [-0.25, -0.2) is 0 Å². The van der Waals surface area contributed by atoms with Gasteiger partial charge in [0.05, 0.1) is 15.9 Å². The van der Waals surface area contributed by atoms with Gasteiger partial charge in [-0.05, 0) is 47.9 Å². The molecule has 1 aromatic rings. The van der Waals surface area contributed by atoms with E-state index in [2.05, 4.69) is 55.5 Å². The fraction of sp³-hybridized carbons (Fsp3) is 0.727. The molecule has 2 atom stereocenters. The minimum absolute atomic E-state index is 0.657. The van der Waals surface area contributed by atoms with Crippen molar-refractivity contribution in [3.05, 3.63) is 15.9 Å². The normalized spacial score (nSPS) is 25.2. The van der Waals surface area contributed by atoms with Crippen LogP contribution in [0.3, 0.4) is 0 Å². The molecule has 0 N–H and O–H groups in total. The fourth-order valence-electron chi connectivity index (χ4n) is 2.07. The molecule has 2 rings (SSSR count). The van der Waals surface area contributed by atoms with Crippen molar-refractivity contribution in [2.75, 3.05) is 11.5 Å². The quantitative estimate of drug-likeness (QED) is 0.759. The Morgan fingerprint density at radius 1 is 1.50 bits per heavy atom. The van der Waals surface area contributed by atoms with Gasteiger partial charge in [-0.15, -0.1) is 0 Å². The number of thioether (sulfide) groups is 1. The van der Waals surface area contributed by atoms with Crippen molar-refractivity contribution < 1.29 is 0 Å². The van der Waals surface area contributed by atoms with E-state index in [1.165, 1.54) is 21.7 Å². The SMILES string of the molecule is CCn1nc(C)c(Br)c1CC1CSCC1Br. The maximum atomic E-state index is 4.54. The van der Waals surface area contributed by atoms with Crippen LogP contribution < -0.4 is 0 Å².